The predicted molar refractivity (Wildman–Crippen MR) is 200 cm³/mol. The summed E-state index contributed by atoms with van der Waals surface area (Å²) in [5.74, 6) is 0.911. The summed E-state index contributed by atoms with van der Waals surface area (Å²) in [5, 5.41) is 41.2. The van der Waals surface area contributed by atoms with Crippen LogP contribution in [0.3, 0.4) is 0 Å². The Morgan fingerprint density at radius 1 is 1.05 bits per heavy atom. The lowest BCUT2D eigenvalue weighted by Crippen LogP contribution is -2.57. The molecule has 2 aromatic carbocycles. The Kier molecular flexibility index (Phi) is 10.7. The molecule has 4 aromatic rings. The zero-order chi connectivity index (χ0) is 40.1. The Labute approximate surface area is 325 Å². The summed E-state index contributed by atoms with van der Waals surface area (Å²) in [6.45, 7) is 2.12. The number of hydrogen-bond acceptors (Lipinski definition) is 13. The predicted octanol–water partition coefficient (Wildman–Crippen LogP) is 3.63. The molecular formula is C40H43F3N6O8. The molecule has 0 aliphatic carbocycles. The largest absolute Gasteiger partial charge is 0.508 e. The molecule has 5 fully saturated rings. The van der Waals surface area contributed by atoms with Crippen LogP contribution >= 0.6 is 0 Å². The average molecular weight is 793 g/mol. The number of nitrogens with zero attached hydrogens (tertiary/aromatic N) is 6. The second-order valence-corrected chi connectivity index (χ2v) is 15.2. The number of terminal acetylenes is 1. The number of carbonyl (C=O) groups is 1. The number of aliphatic hydroxyl groups is 3. The summed E-state index contributed by atoms with van der Waals surface area (Å²) in [6, 6.07) is 5.17. The molecule has 0 saturated carbocycles. The van der Waals surface area contributed by atoms with E-state index in [1.807, 2.05) is 4.90 Å². The van der Waals surface area contributed by atoms with E-state index < -0.39 is 48.5 Å². The Morgan fingerprint density at radius 2 is 1.82 bits per heavy atom. The molecule has 1 amide bonds. The minimum absolute atomic E-state index is 0.0799. The third kappa shape index (κ3) is 7.36. The molecule has 9 rings (SSSR count). The van der Waals surface area contributed by atoms with Crippen molar-refractivity contribution in [1.29, 1.82) is 0 Å². The molecule has 5 aliphatic rings. The Bertz CT molecular complexity index is 2200. The number of carbonyl (C=O) groups excluding carboxylic acids is 1. The number of methoxy groups -OCH3 is 1. The van der Waals surface area contributed by atoms with Gasteiger partial charge in [-0.1, -0.05) is 12.0 Å². The lowest BCUT2D eigenvalue weighted by molar-refractivity contribution is -0.239. The van der Waals surface area contributed by atoms with Crippen LogP contribution in [0.25, 0.3) is 32.9 Å². The van der Waals surface area contributed by atoms with Gasteiger partial charge in [0.1, 0.15) is 53.6 Å². The molecule has 5 saturated heterocycles. The minimum Gasteiger partial charge on any atom is -0.508 e. The first-order chi connectivity index (χ1) is 27.4. The van der Waals surface area contributed by atoms with Crippen molar-refractivity contribution >= 4 is 33.6 Å². The number of hydrogen-bond donors (Lipinski definition) is 4. The molecule has 302 valence electrons. The van der Waals surface area contributed by atoms with Gasteiger partial charge in [0, 0.05) is 49.2 Å². The summed E-state index contributed by atoms with van der Waals surface area (Å²) < 4.78 is 59.8. The number of anilines is 1. The molecule has 17 heteroatoms. The van der Waals surface area contributed by atoms with E-state index in [1.165, 1.54) is 50.4 Å². The summed E-state index contributed by atoms with van der Waals surface area (Å²) in [7, 11) is 1.35. The number of aliphatic hydroxyl groups excluding tert-OH is 3. The number of amides is 1. The highest BCUT2D eigenvalue weighted by molar-refractivity contribution is 6.03. The van der Waals surface area contributed by atoms with Crippen LogP contribution in [0.1, 0.15) is 44.1 Å². The first kappa shape index (κ1) is 38.9. The molecule has 2 bridgehead atoms. The summed E-state index contributed by atoms with van der Waals surface area (Å²) >= 11 is 0. The van der Waals surface area contributed by atoms with Gasteiger partial charge >= 0.3 is 12.1 Å². The molecule has 0 spiro atoms. The van der Waals surface area contributed by atoms with Crippen LogP contribution in [0.2, 0.25) is 0 Å². The van der Waals surface area contributed by atoms with Gasteiger partial charge in [0.15, 0.2) is 12.1 Å². The zero-order valence-corrected chi connectivity index (χ0v) is 31.1. The van der Waals surface area contributed by atoms with Crippen molar-refractivity contribution in [3.63, 3.8) is 0 Å². The van der Waals surface area contributed by atoms with Crippen molar-refractivity contribution in [2.24, 2.45) is 0 Å². The highest BCUT2D eigenvalue weighted by Gasteiger charge is 2.45. The van der Waals surface area contributed by atoms with Crippen molar-refractivity contribution in [3.8, 4) is 35.4 Å². The summed E-state index contributed by atoms with van der Waals surface area (Å²) in [5.41, 5.74) is -0.357. The molecule has 0 radical (unpaired) electrons. The molecule has 4 N–H and O–H groups in total. The first-order valence-electron chi connectivity index (χ1n) is 19.0. The number of halogens is 3. The summed E-state index contributed by atoms with van der Waals surface area (Å²) in [6.07, 6.45) is 5.45. The van der Waals surface area contributed by atoms with E-state index in [1.54, 1.807) is 4.90 Å². The SMILES string of the molecule is C#Cc1c(F)ccc2cc(O)cc(-c3ncc4c(N5CC6CCC(C5)N6C(=O)OC[C@H]5OC(O)C[C@@H](O)[C@H]5O)nc(OC)nc4c3F)c12.F[C@@H]1CC2CCCN2C1. The fourth-order valence-electron chi connectivity index (χ4n) is 8.99. The van der Waals surface area contributed by atoms with Crippen molar-refractivity contribution in [3.05, 3.63) is 47.7 Å². The van der Waals surface area contributed by atoms with E-state index in [0.29, 0.717) is 49.7 Å². The monoisotopic (exact) mass is 792 g/mol. The number of ether oxygens (including phenoxy) is 3. The van der Waals surface area contributed by atoms with Crippen LogP contribution < -0.4 is 9.64 Å². The molecule has 14 nitrogen and oxygen atoms in total. The Balaban J connectivity index is 0.000000441. The van der Waals surface area contributed by atoms with Gasteiger partial charge < -0.3 is 39.5 Å². The van der Waals surface area contributed by atoms with Crippen LogP contribution in [-0.4, -0.2) is 140 Å². The second kappa shape index (κ2) is 15.7. The second-order valence-electron chi connectivity index (χ2n) is 15.2. The lowest BCUT2D eigenvalue weighted by Gasteiger charge is -2.41. The van der Waals surface area contributed by atoms with E-state index in [9.17, 15) is 34.0 Å². The average Bonchev–Trinajstić information content (AvgIpc) is 3.86. The van der Waals surface area contributed by atoms with Crippen LogP contribution in [0.5, 0.6) is 11.8 Å². The maximum absolute atomic E-state index is 16.5. The number of fused-ring (bicyclic) bond motifs is 5. The van der Waals surface area contributed by atoms with Crippen molar-refractivity contribution in [2.45, 2.75) is 87.4 Å². The van der Waals surface area contributed by atoms with Crippen LogP contribution in [0.15, 0.2) is 30.5 Å². The number of alkyl halides is 1. The van der Waals surface area contributed by atoms with E-state index in [0.717, 1.165) is 13.0 Å². The number of aromatic hydroxyl groups is 1. The van der Waals surface area contributed by atoms with Gasteiger partial charge in [-0.2, -0.15) is 9.97 Å². The van der Waals surface area contributed by atoms with E-state index in [4.69, 9.17) is 20.6 Å². The number of piperazine rings is 1. The number of phenolic OH excluding ortho intramolecular Hbond substituents is 1. The number of pyridine rings is 1. The number of aromatic nitrogens is 3. The molecule has 5 aliphatic heterocycles. The smallest absolute Gasteiger partial charge is 0.410 e. The minimum atomic E-state index is -1.32. The maximum atomic E-state index is 16.5. The molecular weight excluding hydrogens is 749 g/mol. The van der Waals surface area contributed by atoms with Gasteiger partial charge in [-0.25, -0.2) is 18.0 Å². The van der Waals surface area contributed by atoms with E-state index >= 15 is 4.39 Å². The van der Waals surface area contributed by atoms with E-state index in [2.05, 4.69) is 25.8 Å². The Morgan fingerprint density at radius 3 is 2.54 bits per heavy atom. The van der Waals surface area contributed by atoms with Crippen LogP contribution in [-0.2, 0) is 9.47 Å². The fourth-order valence-corrected chi connectivity index (χ4v) is 8.99. The number of phenols is 1. The molecule has 2 aromatic heterocycles. The Hall–Kier alpha value is -4.99. The van der Waals surface area contributed by atoms with Crippen LogP contribution in [0.4, 0.5) is 23.8 Å². The topological polar surface area (TPSA) is 174 Å². The lowest BCUT2D eigenvalue weighted by atomic mass is 9.96. The van der Waals surface area contributed by atoms with Gasteiger partial charge in [0.2, 0.25) is 0 Å². The highest BCUT2D eigenvalue weighted by atomic mass is 19.1. The third-order valence-electron chi connectivity index (χ3n) is 11.7. The molecule has 8 atom stereocenters. The van der Waals surface area contributed by atoms with Crippen molar-refractivity contribution in [1.82, 2.24) is 24.8 Å². The standard InChI is InChI=1S/C33H31F2N5O8.C7H12FN/c1-3-19-22(34)7-4-15-8-18(41)9-20(26(15)19)28-27(35)29-21(11-36-28)31(38-32(37-29)46-2)39-12-16-5-6-17(13-39)40(16)33(45)47-14-24-30(44)23(42)10-25(43)48-24;8-6-4-7-2-1-3-9(7)5-6/h1,4,7-9,11,16-17,23-25,30,41-44H,5-6,10,12-14H2,2H3;6-7H,1-5H2/t16?,17?,23-,24-,25?,30-;6-,7?/m11/s1. The van der Waals surface area contributed by atoms with Crippen molar-refractivity contribution < 1.29 is 52.6 Å². The fraction of sp³-hybridized carbons (Fsp3) is 0.500. The van der Waals surface area contributed by atoms with Gasteiger partial charge in [0.05, 0.1) is 36.2 Å². The molecule has 7 heterocycles. The highest BCUT2D eigenvalue weighted by Crippen LogP contribution is 2.40. The number of benzene rings is 2. The number of rotatable bonds is 5. The molecule has 4 unspecified atom stereocenters. The van der Waals surface area contributed by atoms with Gasteiger partial charge in [-0.05, 0) is 62.2 Å². The van der Waals surface area contributed by atoms with Gasteiger partial charge in [-0.15, -0.1) is 6.42 Å². The maximum Gasteiger partial charge on any atom is 0.410 e. The first-order valence-corrected chi connectivity index (χ1v) is 19.0. The summed E-state index contributed by atoms with van der Waals surface area (Å²) in [4.78, 5) is 32.2. The van der Waals surface area contributed by atoms with Gasteiger partial charge in [0.25, 0.3) is 0 Å². The van der Waals surface area contributed by atoms with E-state index in [-0.39, 0.29) is 70.0 Å². The third-order valence-corrected chi connectivity index (χ3v) is 11.7. The quantitative estimate of drug-likeness (QED) is 0.216. The zero-order valence-electron chi connectivity index (χ0n) is 31.1. The van der Waals surface area contributed by atoms with Gasteiger partial charge in [-0.3, -0.25) is 14.8 Å². The van der Waals surface area contributed by atoms with Crippen molar-refractivity contribution in [2.75, 3.05) is 44.8 Å². The molecule has 57 heavy (non-hydrogen) atoms. The normalized spacial score (nSPS) is 28.2. The van der Waals surface area contributed by atoms with Crippen LogP contribution in [0, 0.1) is 24.0 Å².